The Bertz CT molecular complexity index is 929. The van der Waals surface area contributed by atoms with Gasteiger partial charge in [-0.3, -0.25) is 4.79 Å². The summed E-state index contributed by atoms with van der Waals surface area (Å²) in [6.07, 6.45) is 0. The van der Waals surface area contributed by atoms with Gasteiger partial charge in [0.2, 0.25) is 11.0 Å². The zero-order valence-corrected chi connectivity index (χ0v) is 17.5. The quantitative estimate of drug-likeness (QED) is 0.494. The molecule has 134 valence electrons. The first-order valence-electron chi connectivity index (χ1n) is 7.85. The van der Waals surface area contributed by atoms with Crippen LogP contribution >= 0.6 is 39.0 Å². The second-order valence-electron chi connectivity index (χ2n) is 5.66. The Hall–Kier alpha value is -1.90. The average molecular weight is 449 g/mol. The molecule has 0 spiro atoms. The third-order valence-corrected chi connectivity index (χ3v) is 5.93. The summed E-state index contributed by atoms with van der Waals surface area (Å²) in [5.74, 6) is 0.234. The van der Waals surface area contributed by atoms with Crippen LogP contribution in [0.1, 0.15) is 11.1 Å². The molecule has 0 aliphatic rings. The third kappa shape index (κ3) is 5.30. The molecule has 0 bridgehead atoms. The molecule has 0 saturated heterocycles. The molecule has 1 amide bonds. The van der Waals surface area contributed by atoms with Crippen molar-refractivity contribution in [1.82, 2.24) is 10.2 Å². The van der Waals surface area contributed by atoms with Gasteiger partial charge in [0.05, 0.1) is 5.75 Å². The molecule has 0 aliphatic carbocycles. The number of anilines is 3. The summed E-state index contributed by atoms with van der Waals surface area (Å²) in [6.45, 7) is 4.02. The molecular formula is C18H17BrN4OS2. The summed E-state index contributed by atoms with van der Waals surface area (Å²) < 4.78 is 1.74. The van der Waals surface area contributed by atoms with Crippen LogP contribution in [0.4, 0.5) is 16.5 Å². The van der Waals surface area contributed by atoms with Gasteiger partial charge in [-0.05, 0) is 43.7 Å². The van der Waals surface area contributed by atoms with E-state index in [9.17, 15) is 4.79 Å². The minimum atomic E-state index is -0.0568. The molecule has 0 atom stereocenters. The molecule has 2 aromatic carbocycles. The van der Waals surface area contributed by atoms with Crippen LogP contribution in [0.2, 0.25) is 0 Å². The van der Waals surface area contributed by atoms with E-state index < -0.39 is 0 Å². The molecule has 1 aromatic heterocycles. The van der Waals surface area contributed by atoms with Crippen LogP contribution in [0.15, 0.2) is 51.3 Å². The maximum absolute atomic E-state index is 12.2. The van der Waals surface area contributed by atoms with Gasteiger partial charge in [-0.25, -0.2) is 0 Å². The Morgan fingerprint density at radius 1 is 1.19 bits per heavy atom. The number of aryl methyl sites for hydroxylation is 2. The molecule has 0 fully saturated rings. The molecule has 8 heteroatoms. The van der Waals surface area contributed by atoms with Crippen LogP contribution in [0.3, 0.4) is 0 Å². The molecule has 0 radical (unpaired) electrons. The highest BCUT2D eigenvalue weighted by Crippen LogP contribution is 2.28. The van der Waals surface area contributed by atoms with E-state index in [-0.39, 0.29) is 5.91 Å². The van der Waals surface area contributed by atoms with Crippen LogP contribution in [-0.2, 0) is 4.79 Å². The van der Waals surface area contributed by atoms with Crippen molar-refractivity contribution < 1.29 is 4.79 Å². The zero-order chi connectivity index (χ0) is 18.5. The number of thioether (sulfide) groups is 1. The van der Waals surface area contributed by atoms with Crippen molar-refractivity contribution in [3.8, 4) is 0 Å². The van der Waals surface area contributed by atoms with Gasteiger partial charge in [-0.15, -0.1) is 10.2 Å². The van der Waals surface area contributed by atoms with Gasteiger partial charge >= 0.3 is 0 Å². The summed E-state index contributed by atoms with van der Waals surface area (Å²) >= 11 is 6.23. The molecule has 26 heavy (non-hydrogen) atoms. The Labute approximate surface area is 168 Å². The number of carbonyl (C=O) groups is 1. The summed E-state index contributed by atoms with van der Waals surface area (Å²) in [5.41, 5.74) is 4.00. The lowest BCUT2D eigenvalue weighted by atomic mass is 10.1. The summed E-state index contributed by atoms with van der Waals surface area (Å²) in [7, 11) is 0. The Kier molecular flexibility index (Phi) is 6.29. The van der Waals surface area contributed by atoms with E-state index in [1.165, 1.54) is 28.7 Å². The van der Waals surface area contributed by atoms with Gasteiger partial charge in [0.15, 0.2) is 4.34 Å². The number of nitrogens with one attached hydrogen (secondary N) is 2. The predicted molar refractivity (Wildman–Crippen MR) is 113 cm³/mol. The van der Waals surface area contributed by atoms with Crippen molar-refractivity contribution >= 4 is 61.4 Å². The number of nitrogens with zero attached hydrogens (tertiary/aromatic N) is 2. The Balaban J connectivity index is 1.53. The van der Waals surface area contributed by atoms with Crippen LogP contribution in [0.5, 0.6) is 0 Å². The lowest BCUT2D eigenvalue weighted by Crippen LogP contribution is -2.14. The second-order valence-corrected chi connectivity index (χ2v) is 8.78. The third-order valence-electron chi connectivity index (χ3n) is 3.47. The molecule has 0 aliphatic heterocycles. The molecule has 0 saturated carbocycles. The van der Waals surface area contributed by atoms with Crippen LogP contribution in [-0.4, -0.2) is 21.9 Å². The van der Waals surface area contributed by atoms with Crippen molar-refractivity contribution in [2.45, 2.75) is 18.2 Å². The van der Waals surface area contributed by atoms with E-state index in [0.717, 1.165) is 25.8 Å². The highest BCUT2D eigenvalue weighted by atomic mass is 79.9. The van der Waals surface area contributed by atoms with E-state index >= 15 is 0 Å². The number of benzene rings is 2. The van der Waals surface area contributed by atoms with Gasteiger partial charge < -0.3 is 10.6 Å². The van der Waals surface area contributed by atoms with E-state index in [2.05, 4.69) is 36.8 Å². The van der Waals surface area contributed by atoms with Crippen molar-refractivity contribution in [3.05, 3.63) is 58.1 Å². The van der Waals surface area contributed by atoms with E-state index in [4.69, 9.17) is 0 Å². The van der Waals surface area contributed by atoms with E-state index in [1.807, 2.05) is 56.3 Å². The first-order valence-corrected chi connectivity index (χ1v) is 10.4. The smallest absolute Gasteiger partial charge is 0.234 e. The Morgan fingerprint density at radius 2 is 2.04 bits per heavy atom. The van der Waals surface area contributed by atoms with Gasteiger partial charge in [0.1, 0.15) is 0 Å². The first kappa shape index (κ1) is 18.9. The number of hydrogen-bond acceptors (Lipinski definition) is 6. The van der Waals surface area contributed by atoms with Gasteiger partial charge in [-0.2, -0.15) is 0 Å². The molecule has 3 rings (SSSR count). The maximum atomic E-state index is 12.2. The lowest BCUT2D eigenvalue weighted by molar-refractivity contribution is -0.113. The highest BCUT2D eigenvalue weighted by molar-refractivity contribution is 9.10. The molecule has 3 aromatic rings. The highest BCUT2D eigenvalue weighted by Gasteiger charge is 2.10. The van der Waals surface area contributed by atoms with Crippen molar-refractivity contribution in [1.29, 1.82) is 0 Å². The standard InChI is InChI=1S/C18H17BrN4OS2/c1-11-6-7-15(12(2)8-11)21-16(24)10-25-18-23-22-17(26-18)20-14-5-3-4-13(19)9-14/h3-9H,10H2,1-2H3,(H,20,22)(H,21,24). The average Bonchev–Trinajstić information content (AvgIpc) is 3.03. The largest absolute Gasteiger partial charge is 0.330 e. The number of amides is 1. The topological polar surface area (TPSA) is 66.9 Å². The normalized spacial score (nSPS) is 10.6. The molecule has 1 heterocycles. The fourth-order valence-electron chi connectivity index (χ4n) is 2.28. The lowest BCUT2D eigenvalue weighted by Gasteiger charge is -2.08. The van der Waals surface area contributed by atoms with E-state index in [1.54, 1.807) is 0 Å². The number of hydrogen-bond donors (Lipinski definition) is 2. The SMILES string of the molecule is Cc1ccc(NC(=O)CSc2nnc(Nc3cccc(Br)c3)s2)c(C)c1. The van der Waals surface area contributed by atoms with Gasteiger partial charge in [0, 0.05) is 15.8 Å². The number of aromatic nitrogens is 2. The predicted octanol–water partition coefficient (Wildman–Crippen LogP) is 5.39. The zero-order valence-electron chi connectivity index (χ0n) is 14.2. The molecule has 2 N–H and O–H groups in total. The van der Waals surface area contributed by atoms with E-state index in [0.29, 0.717) is 10.9 Å². The summed E-state index contributed by atoms with van der Waals surface area (Å²) in [5, 5.41) is 15.1. The fraction of sp³-hybridized carbons (Fsp3) is 0.167. The van der Waals surface area contributed by atoms with Crippen molar-refractivity contribution in [2.24, 2.45) is 0 Å². The van der Waals surface area contributed by atoms with Crippen molar-refractivity contribution in [2.75, 3.05) is 16.4 Å². The van der Waals surface area contributed by atoms with Crippen molar-refractivity contribution in [3.63, 3.8) is 0 Å². The monoisotopic (exact) mass is 448 g/mol. The summed E-state index contributed by atoms with van der Waals surface area (Å²) in [6, 6.07) is 13.8. The number of rotatable bonds is 6. The van der Waals surface area contributed by atoms with Crippen LogP contribution < -0.4 is 10.6 Å². The molecular weight excluding hydrogens is 432 g/mol. The fourth-order valence-corrected chi connectivity index (χ4v) is 4.25. The Morgan fingerprint density at radius 3 is 2.81 bits per heavy atom. The first-order chi connectivity index (χ1) is 12.5. The van der Waals surface area contributed by atoms with Gasteiger partial charge in [-0.1, -0.05) is 62.8 Å². The number of carbonyl (C=O) groups excluding carboxylic acids is 1. The minimum Gasteiger partial charge on any atom is -0.330 e. The second kappa shape index (κ2) is 8.66. The number of halogens is 1. The van der Waals surface area contributed by atoms with Crippen LogP contribution in [0.25, 0.3) is 0 Å². The maximum Gasteiger partial charge on any atom is 0.234 e. The summed E-state index contributed by atoms with van der Waals surface area (Å²) in [4.78, 5) is 12.2. The molecule has 0 unspecified atom stereocenters. The minimum absolute atomic E-state index is 0.0568. The van der Waals surface area contributed by atoms with Gasteiger partial charge in [0.25, 0.3) is 0 Å². The van der Waals surface area contributed by atoms with Crippen LogP contribution in [0, 0.1) is 13.8 Å². The molecule has 5 nitrogen and oxygen atoms in total.